The molecule has 1 saturated heterocycles. The Balaban J connectivity index is 1.85. The van der Waals surface area contributed by atoms with Gasteiger partial charge in [-0.1, -0.05) is 0 Å². The normalized spacial score (nSPS) is 41.3. The summed E-state index contributed by atoms with van der Waals surface area (Å²) in [6, 6.07) is 0. The maximum atomic E-state index is 11.9. The van der Waals surface area contributed by atoms with Gasteiger partial charge in [0.25, 0.3) is 0 Å². The van der Waals surface area contributed by atoms with Gasteiger partial charge in [-0.15, -0.1) is 0 Å². The van der Waals surface area contributed by atoms with Crippen LogP contribution in [-0.4, -0.2) is 38.0 Å². The number of methoxy groups -OCH3 is 1. The average molecular weight is 228 g/mol. The highest BCUT2D eigenvalue weighted by molar-refractivity contribution is 5.76. The monoisotopic (exact) mass is 228 g/mol. The van der Waals surface area contributed by atoms with E-state index in [9.17, 15) is 4.79 Å². The molecule has 1 saturated carbocycles. The van der Waals surface area contributed by atoms with E-state index in [1.54, 1.807) is 7.11 Å². The summed E-state index contributed by atoms with van der Waals surface area (Å²) in [6.07, 6.45) is 2.84. The van der Waals surface area contributed by atoms with Crippen LogP contribution in [0.2, 0.25) is 0 Å². The van der Waals surface area contributed by atoms with Crippen molar-refractivity contribution in [3.8, 4) is 0 Å². The number of carbonyl (C=O) groups excluding carboxylic acids is 1. The van der Waals surface area contributed by atoms with Gasteiger partial charge >= 0.3 is 5.97 Å². The van der Waals surface area contributed by atoms with Crippen LogP contribution in [0.4, 0.5) is 0 Å². The SMILES string of the molecule is COCCOC(=O)C1(C)CCC2(C)OC2C1. The minimum Gasteiger partial charge on any atom is -0.463 e. The summed E-state index contributed by atoms with van der Waals surface area (Å²) in [5.41, 5.74) is -0.319. The largest absolute Gasteiger partial charge is 0.463 e. The number of hydrogen-bond donors (Lipinski definition) is 0. The van der Waals surface area contributed by atoms with Gasteiger partial charge in [0.2, 0.25) is 0 Å². The Bertz CT molecular complexity index is 291. The number of esters is 1. The second-order valence-corrected chi connectivity index (χ2v) is 5.31. The van der Waals surface area contributed by atoms with Crippen LogP contribution in [0.15, 0.2) is 0 Å². The molecular formula is C12H20O4. The molecule has 0 aromatic rings. The van der Waals surface area contributed by atoms with E-state index in [4.69, 9.17) is 14.2 Å². The van der Waals surface area contributed by atoms with E-state index in [-0.39, 0.29) is 23.1 Å². The zero-order chi connectivity index (χ0) is 11.8. The fourth-order valence-corrected chi connectivity index (χ4v) is 2.38. The Kier molecular flexibility index (Phi) is 2.97. The molecule has 0 bridgehead atoms. The van der Waals surface area contributed by atoms with E-state index < -0.39 is 0 Å². The van der Waals surface area contributed by atoms with Crippen molar-refractivity contribution in [2.75, 3.05) is 20.3 Å². The molecule has 2 fully saturated rings. The summed E-state index contributed by atoms with van der Waals surface area (Å²) in [7, 11) is 1.60. The molecule has 4 nitrogen and oxygen atoms in total. The molecule has 0 aromatic heterocycles. The molecule has 4 heteroatoms. The van der Waals surface area contributed by atoms with Gasteiger partial charge in [0.1, 0.15) is 6.61 Å². The van der Waals surface area contributed by atoms with Gasteiger partial charge in [0.05, 0.1) is 23.7 Å². The lowest BCUT2D eigenvalue weighted by Crippen LogP contribution is -2.37. The fourth-order valence-electron chi connectivity index (χ4n) is 2.38. The molecule has 1 aliphatic carbocycles. The topological polar surface area (TPSA) is 48.1 Å². The standard InChI is InChI=1S/C12H20O4/c1-11(10(13)15-7-6-14-3)4-5-12(2)9(8-11)16-12/h9H,4-8H2,1-3H3. The third-order valence-corrected chi connectivity index (χ3v) is 3.86. The summed E-state index contributed by atoms with van der Waals surface area (Å²) < 4.78 is 15.7. The molecule has 0 amide bonds. The van der Waals surface area contributed by atoms with Gasteiger partial charge in [0.15, 0.2) is 0 Å². The predicted octanol–water partition coefficient (Wildman–Crippen LogP) is 1.52. The van der Waals surface area contributed by atoms with Gasteiger partial charge in [-0.2, -0.15) is 0 Å². The van der Waals surface area contributed by atoms with Crippen molar-refractivity contribution in [3.05, 3.63) is 0 Å². The van der Waals surface area contributed by atoms with Gasteiger partial charge in [-0.25, -0.2) is 0 Å². The van der Waals surface area contributed by atoms with Crippen molar-refractivity contribution < 1.29 is 19.0 Å². The summed E-state index contributed by atoms with van der Waals surface area (Å²) in [4.78, 5) is 11.9. The van der Waals surface area contributed by atoms with Crippen molar-refractivity contribution in [2.24, 2.45) is 5.41 Å². The van der Waals surface area contributed by atoms with Crippen LogP contribution in [0.5, 0.6) is 0 Å². The maximum Gasteiger partial charge on any atom is 0.311 e. The predicted molar refractivity (Wildman–Crippen MR) is 58.1 cm³/mol. The van der Waals surface area contributed by atoms with E-state index in [1.165, 1.54) is 0 Å². The van der Waals surface area contributed by atoms with Crippen LogP contribution in [0.25, 0.3) is 0 Å². The highest BCUT2D eigenvalue weighted by atomic mass is 16.6. The molecule has 2 rings (SSSR count). The lowest BCUT2D eigenvalue weighted by atomic mass is 9.72. The Labute approximate surface area is 96.2 Å². The van der Waals surface area contributed by atoms with Crippen LogP contribution in [-0.2, 0) is 19.0 Å². The number of hydrogen-bond acceptors (Lipinski definition) is 4. The van der Waals surface area contributed by atoms with Gasteiger partial charge < -0.3 is 14.2 Å². The minimum absolute atomic E-state index is 0.0479. The van der Waals surface area contributed by atoms with Crippen LogP contribution in [0.1, 0.15) is 33.1 Å². The van der Waals surface area contributed by atoms with Crippen molar-refractivity contribution in [1.29, 1.82) is 0 Å². The summed E-state index contributed by atoms with van der Waals surface area (Å²) in [5, 5.41) is 0. The first-order chi connectivity index (χ1) is 7.50. The fraction of sp³-hybridized carbons (Fsp3) is 0.917. The quantitative estimate of drug-likeness (QED) is 0.416. The molecule has 2 aliphatic rings. The van der Waals surface area contributed by atoms with E-state index in [1.807, 2.05) is 6.92 Å². The third kappa shape index (κ3) is 2.09. The lowest BCUT2D eigenvalue weighted by Gasteiger charge is -2.31. The minimum atomic E-state index is -0.367. The Morgan fingerprint density at radius 2 is 2.12 bits per heavy atom. The molecule has 3 unspecified atom stereocenters. The zero-order valence-corrected chi connectivity index (χ0v) is 10.2. The van der Waals surface area contributed by atoms with Crippen molar-refractivity contribution >= 4 is 5.97 Å². The van der Waals surface area contributed by atoms with E-state index in [2.05, 4.69) is 6.92 Å². The molecule has 3 atom stereocenters. The first-order valence-corrected chi connectivity index (χ1v) is 5.84. The zero-order valence-electron chi connectivity index (χ0n) is 10.2. The highest BCUT2D eigenvalue weighted by Crippen LogP contribution is 2.53. The molecule has 92 valence electrons. The highest BCUT2D eigenvalue weighted by Gasteiger charge is 2.60. The molecule has 0 N–H and O–H groups in total. The van der Waals surface area contributed by atoms with Crippen LogP contribution in [0.3, 0.4) is 0 Å². The molecule has 0 radical (unpaired) electrons. The lowest BCUT2D eigenvalue weighted by molar-refractivity contribution is -0.158. The molecule has 16 heavy (non-hydrogen) atoms. The third-order valence-electron chi connectivity index (χ3n) is 3.86. The molecule has 1 aliphatic heterocycles. The van der Waals surface area contributed by atoms with E-state index >= 15 is 0 Å². The van der Waals surface area contributed by atoms with E-state index in [0.717, 1.165) is 19.3 Å². The number of ether oxygens (including phenoxy) is 3. The second kappa shape index (κ2) is 4.00. The van der Waals surface area contributed by atoms with Crippen molar-refractivity contribution in [1.82, 2.24) is 0 Å². The van der Waals surface area contributed by atoms with Crippen molar-refractivity contribution in [2.45, 2.75) is 44.8 Å². The smallest absolute Gasteiger partial charge is 0.311 e. The molecule has 1 heterocycles. The summed E-state index contributed by atoms with van der Waals surface area (Å²) >= 11 is 0. The van der Waals surface area contributed by atoms with E-state index in [0.29, 0.717) is 13.2 Å². The maximum absolute atomic E-state index is 11.9. The van der Waals surface area contributed by atoms with Crippen LogP contribution < -0.4 is 0 Å². The molecule has 0 aromatic carbocycles. The van der Waals surface area contributed by atoms with Crippen LogP contribution >= 0.6 is 0 Å². The Morgan fingerprint density at radius 1 is 1.38 bits per heavy atom. The Morgan fingerprint density at radius 3 is 2.75 bits per heavy atom. The van der Waals surface area contributed by atoms with Crippen molar-refractivity contribution in [3.63, 3.8) is 0 Å². The first-order valence-electron chi connectivity index (χ1n) is 5.84. The number of carbonyl (C=O) groups is 1. The number of epoxide rings is 1. The number of rotatable bonds is 4. The first kappa shape index (κ1) is 11.9. The summed E-state index contributed by atoms with van der Waals surface area (Å²) in [6.45, 7) is 4.89. The number of fused-ring (bicyclic) bond motifs is 1. The van der Waals surface area contributed by atoms with Gasteiger partial charge in [-0.05, 0) is 33.1 Å². The molecule has 0 spiro atoms. The summed E-state index contributed by atoms with van der Waals surface area (Å²) in [5.74, 6) is -0.109. The second-order valence-electron chi connectivity index (χ2n) is 5.31. The average Bonchev–Trinajstić information content (AvgIpc) is 2.89. The van der Waals surface area contributed by atoms with Gasteiger partial charge in [-0.3, -0.25) is 4.79 Å². The van der Waals surface area contributed by atoms with Crippen LogP contribution in [0, 0.1) is 5.41 Å². The molecular weight excluding hydrogens is 208 g/mol. The van der Waals surface area contributed by atoms with Gasteiger partial charge in [0, 0.05) is 7.11 Å². The Hall–Kier alpha value is -0.610.